The molecular formula is C12H11N3O. The third kappa shape index (κ3) is 2.59. The van der Waals surface area contributed by atoms with Gasteiger partial charge in [0, 0.05) is 12.1 Å². The highest BCUT2D eigenvalue weighted by Gasteiger charge is 2.12. The smallest absolute Gasteiger partial charge is 0.254 e. The molecule has 0 saturated carbocycles. The molecule has 0 radical (unpaired) electrons. The van der Waals surface area contributed by atoms with Crippen molar-refractivity contribution < 1.29 is 4.79 Å². The Bertz CT molecular complexity index is 451. The zero-order valence-corrected chi connectivity index (χ0v) is 8.97. The van der Waals surface area contributed by atoms with Crippen molar-refractivity contribution in [2.24, 2.45) is 0 Å². The number of nitrogens with zero attached hydrogens (tertiary/aromatic N) is 3. The Labute approximate surface area is 94.3 Å². The summed E-state index contributed by atoms with van der Waals surface area (Å²) >= 11 is 0. The van der Waals surface area contributed by atoms with E-state index in [0.717, 1.165) is 0 Å². The molecule has 4 heteroatoms. The van der Waals surface area contributed by atoms with Crippen molar-refractivity contribution in [1.29, 1.82) is 10.5 Å². The second-order valence-corrected chi connectivity index (χ2v) is 3.17. The van der Waals surface area contributed by atoms with Crippen LogP contribution in [0.1, 0.15) is 22.8 Å². The molecule has 16 heavy (non-hydrogen) atoms. The Balaban J connectivity index is 2.88. The monoisotopic (exact) mass is 213 g/mol. The molecule has 0 fully saturated rings. The number of rotatable bonds is 3. The number of hydrogen-bond acceptors (Lipinski definition) is 3. The summed E-state index contributed by atoms with van der Waals surface area (Å²) < 4.78 is 0. The lowest BCUT2D eigenvalue weighted by atomic mass is 10.1. The molecule has 0 unspecified atom stereocenters. The largest absolute Gasteiger partial charge is 0.326 e. The first-order chi connectivity index (χ1) is 7.72. The third-order valence-corrected chi connectivity index (χ3v) is 2.19. The van der Waals surface area contributed by atoms with Crippen LogP contribution in [-0.4, -0.2) is 23.9 Å². The SMILES string of the molecule is CCN(CC#N)C(=O)c1ccc(C#N)cc1. The van der Waals surface area contributed by atoms with Crippen molar-refractivity contribution in [2.75, 3.05) is 13.1 Å². The van der Waals surface area contributed by atoms with Crippen LogP contribution in [-0.2, 0) is 0 Å². The summed E-state index contributed by atoms with van der Waals surface area (Å²) in [4.78, 5) is 13.3. The first kappa shape index (κ1) is 11.7. The van der Waals surface area contributed by atoms with E-state index in [1.807, 2.05) is 19.1 Å². The second kappa shape index (κ2) is 5.53. The summed E-state index contributed by atoms with van der Waals surface area (Å²) in [5, 5.41) is 17.2. The molecule has 0 spiro atoms. The lowest BCUT2D eigenvalue weighted by molar-refractivity contribution is 0.0784. The van der Waals surface area contributed by atoms with Crippen LogP contribution in [0.2, 0.25) is 0 Å². The van der Waals surface area contributed by atoms with Crippen molar-refractivity contribution in [1.82, 2.24) is 4.90 Å². The van der Waals surface area contributed by atoms with Crippen molar-refractivity contribution >= 4 is 5.91 Å². The Kier molecular flexibility index (Phi) is 4.06. The van der Waals surface area contributed by atoms with E-state index >= 15 is 0 Å². The van der Waals surface area contributed by atoms with Gasteiger partial charge in [-0.05, 0) is 31.2 Å². The van der Waals surface area contributed by atoms with Gasteiger partial charge in [0.1, 0.15) is 6.54 Å². The van der Waals surface area contributed by atoms with E-state index in [1.54, 1.807) is 24.3 Å². The second-order valence-electron chi connectivity index (χ2n) is 3.17. The third-order valence-electron chi connectivity index (χ3n) is 2.19. The Morgan fingerprint density at radius 1 is 1.31 bits per heavy atom. The van der Waals surface area contributed by atoms with Gasteiger partial charge in [-0.2, -0.15) is 10.5 Å². The van der Waals surface area contributed by atoms with Gasteiger partial charge in [0.2, 0.25) is 0 Å². The van der Waals surface area contributed by atoms with Crippen molar-refractivity contribution in [2.45, 2.75) is 6.92 Å². The number of nitriles is 2. The summed E-state index contributed by atoms with van der Waals surface area (Å²) in [6, 6.07) is 10.3. The van der Waals surface area contributed by atoms with Crippen LogP contribution >= 0.6 is 0 Å². The molecule has 80 valence electrons. The Hall–Kier alpha value is -2.33. The van der Waals surface area contributed by atoms with Gasteiger partial charge < -0.3 is 4.90 Å². The van der Waals surface area contributed by atoms with E-state index in [1.165, 1.54) is 4.90 Å². The molecule has 1 aromatic rings. The van der Waals surface area contributed by atoms with Crippen LogP contribution in [0.4, 0.5) is 0 Å². The van der Waals surface area contributed by atoms with Gasteiger partial charge >= 0.3 is 0 Å². The molecular weight excluding hydrogens is 202 g/mol. The van der Waals surface area contributed by atoms with Crippen LogP contribution in [0.15, 0.2) is 24.3 Å². The summed E-state index contributed by atoms with van der Waals surface area (Å²) in [5.41, 5.74) is 1.01. The van der Waals surface area contributed by atoms with Gasteiger partial charge in [0.25, 0.3) is 5.91 Å². The molecule has 1 aromatic carbocycles. The molecule has 1 rings (SSSR count). The summed E-state index contributed by atoms with van der Waals surface area (Å²) in [5.74, 6) is -0.187. The molecule has 0 aliphatic carbocycles. The summed E-state index contributed by atoms with van der Waals surface area (Å²) in [6.45, 7) is 2.39. The fraction of sp³-hybridized carbons (Fsp3) is 0.250. The zero-order valence-electron chi connectivity index (χ0n) is 8.97. The quantitative estimate of drug-likeness (QED) is 0.715. The average molecular weight is 213 g/mol. The van der Waals surface area contributed by atoms with E-state index in [-0.39, 0.29) is 12.5 Å². The first-order valence-corrected chi connectivity index (χ1v) is 4.89. The van der Waals surface area contributed by atoms with Crippen LogP contribution < -0.4 is 0 Å². The van der Waals surface area contributed by atoms with Gasteiger partial charge in [0.05, 0.1) is 17.7 Å². The molecule has 1 amide bonds. The van der Waals surface area contributed by atoms with Gasteiger partial charge in [-0.15, -0.1) is 0 Å². The van der Waals surface area contributed by atoms with E-state index in [4.69, 9.17) is 10.5 Å². The highest BCUT2D eigenvalue weighted by atomic mass is 16.2. The van der Waals surface area contributed by atoms with Crippen molar-refractivity contribution in [3.63, 3.8) is 0 Å². The number of benzene rings is 1. The fourth-order valence-corrected chi connectivity index (χ4v) is 1.28. The standard InChI is InChI=1S/C12H11N3O/c1-2-15(8-7-13)12(16)11-5-3-10(9-14)4-6-11/h3-6H,2,8H2,1H3. The summed E-state index contributed by atoms with van der Waals surface area (Å²) in [7, 11) is 0. The minimum atomic E-state index is -0.187. The molecule has 4 nitrogen and oxygen atoms in total. The van der Waals surface area contributed by atoms with Gasteiger partial charge in [-0.1, -0.05) is 0 Å². The molecule has 0 saturated heterocycles. The lowest BCUT2D eigenvalue weighted by Gasteiger charge is -2.16. The fourth-order valence-electron chi connectivity index (χ4n) is 1.28. The maximum absolute atomic E-state index is 11.9. The van der Waals surface area contributed by atoms with Gasteiger partial charge in [-0.25, -0.2) is 0 Å². The maximum Gasteiger partial charge on any atom is 0.254 e. The van der Waals surface area contributed by atoms with Gasteiger partial charge in [-0.3, -0.25) is 4.79 Å². The predicted molar refractivity (Wildman–Crippen MR) is 58.3 cm³/mol. The Morgan fingerprint density at radius 2 is 1.94 bits per heavy atom. The minimum absolute atomic E-state index is 0.0787. The minimum Gasteiger partial charge on any atom is -0.326 e. The average Bonchev–Trinajstić information content (AvgIpc) is 2.35. The van der Waals surface area contributed by atoms with Crippen molar-refractivity contribution in [3.8, 4) is 12.1 Å². The molecule has 0 aromatic heterocycles. The number of carbonyl (C=O) groups excluding carboxylic acids is 1. The van der Waals surface area contributed by atoms with Gasteiger partial charge in [0.15, 0.2) is 0 Å². The van der Waals surface area contributed by atoms with Crippen LogP contribution in [0.25, 0.3) is 0 Å². The first-order valence-electron chi connectivity index (χ1n) is 4.89. The molecule has 0 heterocycles. The van der Waals surface area contributed by atoms with Crippen LogP contribution in [0.3, 0.4) is 0 Å². The normalized spacial score (nSPS) is 8.94. The van der Waals surface area contributed by atoms with Crippen LogP contribution in [0.5, 0.6) is 0 Å². The highest BCUT2D eigenvalue weighted by molar-refractivity contribution is 5.94. The van der Waals surface area contributed by atoms with E-state index in [9.17, 15) is 4.79 Å². The zero-order chi connectivity index (χ0) is 12.0. The molecule has 0 atom stereocenters. The number of hydrogen-bond donors (Lipinski definition) is 0. The number of carbonyl (C=O) groups is 1. The van der Waals surface area contributed by atoms with E-state index < -0.39 is 0 Å². The van der Waals surface area contributed by atoms with E-state index in [0.29, 0.717) is 17.7 Å². The predicted octanol–water partition coefficient (Wildman–Crippen LogP) is 1.54. The van der Waals surface area contributed by atoms with Crippen LogP contribution in [0, 0.1) is 22.7 Å². The molecule has 0 bridgehead atoms. The molecule has 0 N–H and O–H groups in total. The number of amides is 1. The maximum atomic E-state index is 11.9. The molecule has 0 aliphatic rings. The molecule has 0 aliphatic heterocycles. The highest BCUT2D eigenvalue weighted by Crippen LogP contribution is 2.06. The lowest BCUT2D eigenvalue weighted by Crippen LogP contribution is -2.31. The topological polar surface area (TPSA) is 67.9 Å². The van der Waals surface area contributed by atoms with Crippen molar-refractivity contribution in [3.05, 3.63) is 35.4 Å². The Morgan fingerprint density at radius 3 is 2.38 bits per heavy atom. The summed E-state index contributed by atoms with van der Waals surface area (Å²) in [6.07, 6.45) is 0. The van der Waals surface area contributed by atoms with E-state index in [2.05, 4.69) is 0 Å².